The number of carbonyl (C=O) groups is 2. The highest BCUT2D eigenvalue weighted by Gasteiger charge is 2.41. The number of likely N-dealkylation sites (tertiary alicyclic amines) is 1. The Hall–Kier alpha value is -2.38. The molecule has 25 heavy (non-hydrogen) atoms. The van der Waals surface area contributed by atoms with Crippen LogP contribution in [0, 0.1) is 0 Å². The summed E-state index contributed by atoms with van der Waals surface area (Å²) < 4.78 is 0. The van der Waals surface area contributed by atoms with Crippen LogP contribution in [0.2, 0.25) is 0 Å². The fourth-order valence-corrected chi connectivity index (χ4v) is 3.72. The van der Waals surface area contributed by atoms with Gasteiger partial charge in [0.15, 0.2) is 0 Å². The van der Waals surface area contributed by atoms with Gasteiger partial charge >= 0.3 is 6.03 Å². The molecule has 6 nitrogen and oxygen atoms in total. The van der Waals surface area contributed by atoms with E-state index in [0.717, 1.165) is 11.3 Å². The first-order valence-corrected chi connectivity index (χ1v) is 9.04. The van der Waals surface area contributed by atoms with Gasteiger partial charge in [0.1, 0.15) is 0 Å². The van der Waals surface area contributed by atoms with E-state index in [4.69, 9.17) is 0 Å². The number of aliphatic hydroxyl groups is 1. The summed E-state index contributed by atoms with van der Waals surface area (Å²) in [5.41, 5.74) is 1.70. The number of hydrogen-bond donors (Lipinski definition) is 2. The van der Waals surface area contributed by atoms with Crippen LogP contribution in [0.4, 0.5) is 4.79 Å². The largest absolute Gasteiger partial charge is 0.394 e. The summed E-state index contributed by atoms with van der Waals surface area (Å²) in [6, 6.07) is 13.8. The number of nitrogens with one attached hydrogen (secondary N) is 1. The van der Waals surface area contributed by atoms with Crippen molar-refractivity contribution in [2.24, 2.45) is 0 Å². The lowest BCUT2D eigenvalue weighted by atomic mass is 10.1. The molecule has 1 aromatic heterocycles. The molecule has 0 radical (unpaired) electrons. The summed E-state index contributed by atoms with van der Waals surface area (Å²) in [4.78, 5) is 29.8. The van der Waals surface area contributed by atoms with Crippen LogP contribution in [0.3, 0.4) is 0 Å². The molecule has 2 heterocycles. The molecule has 0 aliphatic carbocycles. The SMILES string of the molecule is O=C1CC(SCc2ccccn2)N1C(=O)N[C@H](CO)c1ccccc1. The Morgan fingerprint density at radius 1 is 1.28 bits per heavy atom. The van der Waals surface area contributed by atoms with Crippen molar-refractivity contribution in [1.82, 2.24) is 15.2 Å². The van der Waals surface area contributed by atoms with Gasteiger partial charge in [-0.15, -0.1) is 11.8 Å². The predicted molar refractivity (Wildman–Crippen MR) is 95.6 cm³/mol. The lowest BCUT2D eigenvalue weighted by Gasteiger charge is -2.38. The van der Waals surface area contributed by atoms with Gasteiger partial charge in [0, 0.05) is 11.9 Å². The predicted octanol–water partition coefficient (Wildman–Crippen LogP) is 2.32. The van der Waals surface area contributed by atoms with Crippen LogP contribution < -0.4 is 5.32 Å². The summed E-state index contributed by atoms with van der Waals surface area (Å²) >= 11 is 1.51. The molecule has 1 unspecified atom stereocenters. The topological polar surface area (TPSA) is 82.5 Å². The zero-order valence-electron chi connectivity index (χ0n) is 13.5. The maximum atomic E-state index is 12.5. The Kier molecular flexibility index (Phi) is 5.67. The molecule has 0 bridgehead atoms. The first-order chi connectivity index (χ1) is 12.2. The molecule has 1 saturated heterocycles. The van der Waals surface area contributed by atoms with E-state index in [1.54, 1.807) is 6.20 Å². The van der Waals surface area contributed by atoms with Crippen LogP contribution in [0.25, 0.3) is 0 Å². The van der Waals surface area contributed by atoms with Crippen LogP contribution in [-0.2, 0) is 10.5 Å². The number of thioether (sulfide) groups is 1. The highest BCUT2D eigenvalue weighted by atomic mass is 32.2. The highest BCUT2D eigenvalue weighted by molar-refractivity contribution is 7.99. The van der Waals surface area contributed by atoms with E-state index in [9.17, 15) is 14.7 Å². The van der Waals surface area contributed by atoms with Crippen molar-refractivity contribution >= 4 is 23.7 Å². The zero-order valence-corrected chi connectivity index (χ0v) is 14.4. The third-order valence-corrected chi connectivity index (χ3v) is 5.18. The van der Waals surface area contributed by atoms with Gasteiger partial charge in [0.2, 0.25) is 5.91 Å². The quantitative estimate of drug-likeness (QED) is 0.775. The number of β-lactam (4-membered cyclic amide) rings is 1. The summed E-state index contributed by atoms with van der Waals surface area (Å²) in [6.45, 7) is -0.233. The molecule has 1 fully saturated rings. The van der Waals surface area contributed by atoms with Gasteiger partial charge in [-0.1, -0.05) is 36.4 Å². The number of urea groups is 1. The summed E-state index contributed by atoms with van der Waals surface area (Å²) in [7, 11) is 0. The van der Waals surface area contributed by atoms with Crippen molar-refractivity contribution < 1.29 is 14.7 Å². The normalized spacial score (nSPS) is 17.7. The second-order valence-electron chi connectivity index (χ2n) is 5.65. The lowest BCUT2D eigenvalue weighted by Crippen LogP contribution is -2.58. The van der Waals surface area contributed by atoms with Crippen molar-refractivity contribution in [3.63, 3.8) is 0 Å². The number of aliphatic hydroxyl groups excluding tert-OH is 1. The number of pyridine rings is 1. The first-order valence-electron chi connectivity index (χ1n) is 7.99. The van der Waals surface area contributed by atoms with Crippen LogP contribution in [0.5, 0.6) is 0 Å². The van der Waals surface area contributed by atoms with E-state index in [0.29, 0.717) is 12.2 Å². The van der Waals surface area contributed by atoms with Gasteiger partial charge in [0.25, 0.3) is 0 Å². The van der Waals surface area contributed by atoms with Crippen LogP contribution in [0.1, 0.15) is 23.7 Å². The summed E-state index contributed by atoms with van der Waals surface area (Å²) in [6.07, 6.45) is 2.05. The Morgan fingerprint density at radius 2 is 2.04 bits per heavy atom. The average Bonchev–Trinajstić information content (AvgIpc) is 2.64. The summed E-state index contributed by atoms with van der Waals surface area (Å²) in [5, 5.41) is 12.1. The third-order valence-electron chi connectivity index (χ3n) is 3.96. The van der Waals surface area contributed by atoms with Crippen LogP contribution in [-0.4, -0.2) is 38.9 Å². The molecule has 0 spiro atoms. The molecule has 1 aliphatic rings. The molecular formula is C18H19N3O3S. The number of nitrogens with zero attached hydrogens (tertiary/aromatic N) is 2. The number of aromatic nitrogens is 1. The fraction of sp³-hybridized carbons (Fsp3) is 0.278. The van der Waals surface area contributed by atoms with Crippen molar-refractivity contribution in [3.05, 3.63) is 66.0 Å². The van der Waals surface area contributed by atoms with E-state index in [1.807, 2.05) is 48.5 Å². The Bertz CT molecular complexity index is 727. The smallest absolute Gasteiger partial charge is 0.325 e. The fourth-order valence-electron chi connectivity index (χ4n) is 2.57. The number of amides is 3. The minimum atomic E-state index is -0.538. The molecule has 3 amide bonds. The van der Waals surface area contributed by atoms with Gasteiger partial charge in [-0.05, 0) is 17.7 Å². The Labute approximate surface area is 150 Å². The van der Waals surface area contributed by atoms with Gasteiger partial charge in [0.05, 0.1) is 30.1 Å². The molecule has 2 atom stereocenters. The monoisotopic (exact) mass is 357 g/mol. The van der Waals surface area contributed by atoms with E-state index in [2.05, 4.69) is 10.3 Å². The van der Waals surface area contributed by atoms with Gasteiger partial charge in [-0.3, -0.25) is 14.7 Å². The van der Waals surface area contributed by atoms with Crippen molar-refractivity contribution in [1.29, 1.82) is 0 Å². The van der Waals surface area contributed by atoms with Crippen LogP contribution in [0.15, 0.2) is 54.7 Å². The minimum Gasteiger partial charge on any atom is -0.394 e. The van der Waals surface area contributed by atoms with Crippen molar-refractivity contribution in [3.8, 4) is 0 Å². The molecule has 7 heteroatoms. The Morgan fingerprint density at radius 3 is 2.68 bits per heavy atom. The first kappa shape index (κ1) is 17.4. The molecular weight excluding hydrogens is 338 g/mol. The standard InChI is InChI=1S/C18H19N3O3S/c22-11-15(13-6-2-1-3-7-13)20-18(24)21-16(23)10-17(21)25-12-14-8-4-5-9-19-14/h1-9,15,17,22H,10-12H2,(H,20,24)/t15-,17?/m1/s1. The highest BCUT2D eigenvalue weighted by Crippen LogP contribution is 2.31. The number of rotatable bonds is 6. The number of hydrogen-bond acceptors (Lipinski definition) is 5. The second-order valence-corrected chi connectivity index (χ2v) is 6.82. The van der Waals surface area contributed by atoms with E-state index >= 15 is 0 Å². The minimum absolute atomic E-state index is 0.204. The van der Waals surface area contributed by atoms with Crippen LogP contribution >= 0.6 is 11.8 Å². The molecule has 0 saturated carbocycles. The van der Waals surface area contributed by atoms with E-state index in [1.165, 1.54) is 16.7 Å². The molecule has 2 N–H and O–H groups in total. The molecule has 3 rings (SSSR count). The van der Waals surface area contributed by atoms with Gasteiger partial charge < -0.3 is 10.4 Å². The van der Waals surface area contributed by atoms with Gasteiger partial charge in [-0.2, -0.15) is 0 Å². The van der Waals surface area contributed by atoms with E-state index < -0.39 is 12.1 Å². The van der Waals surface area contributed by atoms with Gasteiger partial charge in [-0.25, -0.2) is 4.79 Å². The average molecular weight is 357 g/mol. The molecule has 1 aliphatic heterocycles. The number of carbonyl (C=O) groups excluding carboxylic acids is 2. The lowest BCUT2D eigenvalue weighted by molar-refractivity contribution is -0.137. The zero-order chi connectivity index (χ0) is 17.6. The molecule has 130 valence electrons. The third kappa shape index (κ3) is 4.18. The van der Waals surface area contributed by atoms with Crippen molar-refractivity contribution in [2.45, 2.75) is 23.6 Å². The second kappa shape index (κ2) is 8.13. The van der Waals surface area contributed by atoms with Crippen molar-refractivity contribution in [2.75, 3.05) is 6.61 Å². The number of benzene rings is 1. The summed E-state index contributed by atoms with van der Waals surface area (Å²) in [5.74, 6) is 0.422. The Balaban J connectivity index is 1.59. The maximum absolute atomic E-state index is 12.5. The molecule has 2 aromatic rings. The van der Waals surface area contributed by atoms with E-state index in [-0.39, 0.29) is 17.9 Å². The molecule has 1 aromatic carbocycles. The number of imide groups is 1. The maximum Gasteiger partial charge on any atom is 0.325 e.